The van der Waals surface area contributed by atoms with Gasteiger partial charge < -0.3 is 0 Å². The van der Waals surface area contributed by atoms with Crippen molar-refractivity contribution in [2.24, 2.45) is 0 Å². The number of hydrogen-bond donors (Lipinski definition) is 0. The lowest BCUT2D eigenvalue weighted by molar-refractivity contribution is 0.786. The van der Waals surface area contributed by atoms with E-state index >= 15 is 0 Å². The molecule has 13 heavy (non-hydrogen) atoms. The minimum Gasteiger partial charge on any atom is -0.186 e. The fraction of sp³-hybridized carbons (Fsp3) is 0. The fourth-order valence-electron chi connectivity index (χ4n) is 1.02. The van der Waals surface area contributed by atoms with E-state index in [-0.39, 0.29) is 0 Å². The zero-order valence-electron chi connectivity index (χ0n) is 6.75. The highest BCUT2D eigenvalue weighted by atomic mass is 15.5. The number of terminal acetylenes is 1. The Labute approximate surface area is 75.2 Å². The van der Waals surface area contributed by atoms with Crippen molar-refractivity contribution < 1.29 is 0 Å². The third-order valence-corrected chi connectivity index (χ3v) is 1.60. The normalized spacial score (nSPS) is 9.46. The molecule has 0 aliphatic carbocycles. The second-order valence-corrected chi connectivity index (χ2v) is 2.39. The molecule has 1 heterocycles. The van der Waals surface area contributed by atoms with Gasteiger partial charge in [0.05, 0.1) is 5.69 Å². The fourth-order valence-corrected chi connectivity index (χ4v) is 1.02. The maximum Gasteiger partial charge on any atom is 0.230 e. The molecule has 0 unspecified atom stereocenters. The molecule has 0 radical (unpaired) electrons. The Morgan fingerprint density at radius 3 is 2.69 bits per heavy atom. The van der Waals surface area contributed by atoms with Crippen LogP contribution in [-0.2, 0) is 0 Å². The Morgan fingerprint density at radius 1 is 1.23 bits per heavy atom. The van der Waals surface area contributed by atoms with Gasteiger partial charge in [0, 0.05) is 0 Å². The molecule has 2 rings (SSSR count). The highest BCUT2D eigenvalue weighted by Gasteiger charge is 2.03. The molecule has 0 atom stereocenters. The van der Waals surface area contributed by atoms with Crippen LogP contribution in [0.5, 0.6) is 0 Å². The zero-order valence-corrected chi connectivity index (χ0v) is 6.75. The van der Waals surface area contributed by atoms with Crippen molar-refractivity contribution in [3.63, 3.8) is 0 Å². The number of para-hydroxylation sites is 1. The van der Waals surface area contributed by atoms with Gasteiger partial charge in [0.1, 0.15) is 0 Å². The van der Waals surface area contributed by atoms with Crippen molar-refractivity contribution in [2.45, 2.75) is 0 Å². The molecule has 0 saturated heterocycles. The van der Waals surface area contributed by atoms with Gasteiger partial charge in [0.2, 0.25) is 5.82 Å². The molecule has 0 saturated carbocycles. The summed E-state index contributed by atoms with van der Waals surface area (Å²) in [6.07, 6.45) is 5.22. The van der Waals surface area contributed by atoms with Crippen LogP contribution >= 0.6 is 0 Å². The Kier molecular flexibility index (Phi) is 1.77. The first-order chi connectivity index (χ1) is 6.42. The van der Waals surface area contributed by atoms with Crippen LogP contribution < -0.4 is 0 Å². The maximum absolute atomic E-state index is 5.22. The first kappa shape index (κ1) is 7.50. The number of rotatable bonds is 1. The Balaban J connectivity index is 2.54. The number of benzene rings is 1. The topological polar surface area (TPSA) is 43.6 Å². The number of nitrogens with zero attached hydrogens (tertiary/aromatic N) is 4. The van der Waals surface area contributed by atoms with E-state index in [9.17, 15) is 0 Å². The van der Waals surface area contributed by atoms with Crippen LogP contribution in [0.3, 0.4) is 0 Å². The molecule has 2 aromatic rings. The molecule has 0 N–H and O–H groups in total. The van der Waals surface area contributed by atoms with Crippen LogP contribution in [0, 0.1) is 12.3 Å². The SMILES string of the molecule is C#Cc1nnnn1-c1ccccc1. The lowest BCUT2D eigenvalue weighted by atomic mass is 10.3. The first-order valence-corrected chi connectivity index (χ1v) is 3.72. The maximum atomic E-state index is 5.22. The standard InChI is InChI=1S/C9H6N4/c1-2-9-10-11-12-13(9)8-6-4-3-5-7-8/h1,3-7H. The minimum atomic E-state index is 0.409. The molecule has 0 bridgehead atoms. The summed E-state index contributed by atoms with van der Waals surface area (Å²) >= 11 is 0. The van der Waals surface area contributed by atoms with Crippen molar-refractivity contribution in [1.29, 1.82) is 0 Å². The summed E-state index contributed by atoms with van der Waals surface area (Å²) in [6, 6.07) is 9.49. The summed E-state index contributed by atoms with van der Waals surface area (Å²) < 4.78 is 1.51. The van der Waals surface area contributed by atoms with E-state index in [0.29, 0.717) is 5.82 Å². The average Bonchev–Trinajstić information content (AvgIpc) is 2.67. The molecule has 0 aliphatic heterocycles. The molecule has 0 amide bonds. The van der Waals surface area contributed by atoms with Crippen LogP contribution in [0.15, 0.2) is 30.3 Å². The van der Waals surface area contributed by atoms with Crippen LogP contribution in [0.2, 0.25) is 0 Å². The van der Waals surface area contributed by atoms with Crippen molar-refractivity contribution in [1.82, 2.24) is 20.2 Å². The summed E-state index contributed by atoms with van der Waals surface area (Å²) in [7, 11) is 0. The Hall–Kier alpha value is -2.15. The summed E-state index contributed by atoms with van der Waals surface area (Å²) in [5.41, 5.74) is 0.862. The predicted octanol–water partition coefficient (Wildman–Crippen LogP) is 0.644. The van der Waals surface area contributed by atoms with Crippen LogP contribution in [0.25, 0.3) is 5.69 Å². The number of tetrazole rings is 1. The molecule has 4 heteroatoms. The van der Waals surface area contributed by atoms with E-state index in [1.165, 1.54) is 4.68 Å². The van der Waals surface area contributed by atoms with Crippen LogP contribution in [0.1, 0.15) is 5.82 Å². The van der Waals surface area contributed by atoms with E-state index in [1.54, 1.807) is 0 Å². The summed E-state index contributed by atoms with van der Waals surface area (Å²) in [5, 5.41) is 10.9. The molecule has 0 aliphatic rings. The highest BCUT2D eigenvalue weighted by Crippen LogP contribution is 2.05. The van der Waals surface area contributed by atoms with E-state index in [4.69, 9.17) is 6.42 Å². The number of hydrogen-bond acceptors (Lipinski definition) is 3. The van der Waals surface area contributed by atoms with E-state index in [0.717, 1.165) is 5.69 Å². The van der Waals surface area contributed by atoms with Crippen LogP contribution in [-0.4, -0.2) is 20.2 Å². The van der Waals surface area contributed by atoms with Crippen molar-refractivity contribution >= 4 is 0 Å². The second-order valence-electron chi connectivity index (χ2n) is 2.39. The Bertz CT molecular complexity index is 438. The van der Waals surface area contributed by atoms with Gasteiger partial charge in [-0.1, -0.05) is 23.3 Å². The number of aromatic nitrogens is 4. The van der Waals surface area contributed by atoms with Gasteiger partial charge in [-0.2, -0.15) is 4.68 Å². The van der Waals surface area contributed by atoms with Gasteiger partial charge in [-0.15, -0.1) is 6.42 Å². The zero-order chi connectivity index (χ0) is 9.10. The monoisotopic (exact) mass is 170 g/mol. The van der Waals surface area contributed by atoms with Crippen molar-refractivity contribution in [3.8, 4) is 18.0 Å². The summed E-state index contributed by atoms with van der Waals surface area (Å²) in [5.74, 6) is 2.81. The predicted molar refractivity (Wildman–Crippen MR) is 47.1 cm³/mol. The van der Waals surface area contributed by atoms with Gasteiger partial charge in [-0.25, -0.2) is 0 Å². The van der Waals surface area contributed by atoms with Crippen LogP contribution in [0.4, 0.5) is 0 Å². The average molecular weight is 170 g/mol. The van der Waals surface area contributed by atoms with Crippen molar-refractivity contribution in [2.75, 3.05) is 0 Å². The van der Waals surface area contributed by atoms with Gasteiger partial charge in [-0.3, -0.25) is 0 Å². The lowest BCUT2D eigenvalue weighted by Crippen LogP contribution is -1.99. The van der Waals surface area contributed by atoms with Gasteiger partial charge in [-0.05, 0) is 28.5 Å². The van der Waals surface area contributed by atoms with Crippen molar-refractivity contribution in [3.05, 3.63) is 36.2 Å². The van der Waals surface area contributed by atoms with Gasteiger partial charge in [0.25, 0.3) is 0 Å². The molecule has 1 aromatic heterocycles. The smallest absolute Gasteiger partial charge is 0.186 e. The highest BCUT2D eigenvalue weighted by molar-refractivity contribution is 5.33. The van der Waals surface area contributed by atoms with Gasteiger partial charge >= 0.3 is 0 Å². The molecule has 0 spiro atoms. The van der Waals surface area contributed by atoms with E-state index in [2.05, 4.69) is 21.4 Å². The molecule has 4 nitrogen and oxygen atoms in total. The Morgan fingerprint density at radius 2 is 2.00 bits per heavy atom. The molecular formula is C9H6N4. The molecule has 62 valence electrons. The van der Waals surface area contributed by atoms with Gasteiger partial charge in [0.15, 0.2) is 0 Å². The summed E-state index contributed by atoms with van der Waals surface area (Å²) in [6.45, 7) is 0. The second kappa shape index (κ2) is 3.07. The largest absolute Gasteiger partial charge is 0.230 e. The third-order valence-electron chi connectivity index (χ3n) is 1.60. The quantitative estimate of drug-likeness (QED) is 0.590. The first-order valence-electron chi connectivity index (χ1n) is 3.72. The van der Waals surface area contributed by atoms with E-state index in [1.807, 2.05) is 30.3 Å². The minimum absolute atomic E-state index is 0.409. The molecule has 0 fully saturated rings. The lowest BCUT2D eigenvalue weighted by Gasteiger charge is -1.98. The third kappa shape index (κ3) is 1.27. The molecule has 1 aromatic carbocycles. The molecular weight excluding hydrogens is 164 g/mol. The summed E-state index contributed by atoms with van der Waals surface area (Å²) in [4.78, 5) is 0. The van der Waals surface area contributed by atoms with E-state index < -0.39 is 0 Å².